The Morgan fingerprint density at radius 1 is 1.18 bits per heavy atom. The number of hydrogen-bond acceptors (Lipinski definition) is 3. The Balaban J connectivity index is 1.97. The fourth-order valence-electron chi connectivity index (χ4n) is 1.96. The van der Waals surface area contributed by atoms with E-state index in [2.05, 4.69) is 33.9 Å². The summed E-state index contributed by atoms with van der Waals surface area (Å²) in [5.41, 5.74) is 1.71. The summed E-state index contributed by atoms with van der Waals surface area (Å²) in [5, 5.41) is 0.126. The zero-order valence-electron chi connectivity index (χ0n) is 14.4. The van der Waals surface area contributed by atoms with Crippen molar-refractivity contribution in [3.8, 4) is 0 Å². The standard InChI is InChI=1S/C18H26O3Si/c1-13-15(16(13)21-22(5,6)18(2,3)4)17(19)20-12-14-10-8-7-9-11-14/h7-11,13H,12H2,1-6H3. The normalized spacial score (nSPS) is 18.2. The van der Waals surface area contributed by atoms with Crippen LogP contribution in [0.3, 0.4) is 0 Å². The van der Waals surface area contributed by atoms with Gasteiger partial charge in [-0.25, -0.2) is 4.79 Å². The van der Waals surface area contributed by atoms with Crippen LogP contribution >= 0.6 is 0 Å². The second-order valence-corrected chi connectivity index (χ2v) is 12.1. The van der Waals surface area contributed by atoms with Crippen molar-refractivity contribution in [3.63, 3.8) is 0 Å². The van der Waals surface area contributed by atoms with Crippen molar-refractivity contribution in [1.82, 2.24) is 0 Å². The lowest BCUT2D eigenvalue weighted by molar-refractivity contribution is -0.140. The minimum absolute atomic E-state index is 0.0948. The number of allylic oxidation sites excluding steroid dienone is 1. The van der Waals surface area contributed by atoms with Gasteiger partial charge in [0.15, 0.2) is 0 Å². The number of esters is 1. The molecule has 1 aliphatic rings. The maximum absolute atomic E-state index is 12.2. The summed E-state index contributed by atoms with van der Waals surface area (Å²) in [5.74, 6) is 0.687. The summed E-state index contributed by atoms with van der Waals surface area (Å²) in [6.07, 6.45) is 0. The second-order valence-electron chi connectivity index (χ2n) is 7.42. The summed E-state index contributed by atoms with van der Waals surface area (Å²) in [4.78, 5) is 12.2. The number of carbonyl (C=O) groups is 1. The molecular formula is C18H26O3Si. The molecule has 1 atom stereocenters. The minimum Gasteiger partial charge on any atom is -0.546 e. The van der Waals surface area contributed by atoms with E-state index < -0.39 is 8.32 Å². The van der Waals surface area contributed by atoms with Crippen molar-refractivity contribution < 1.29 is 14.0 Å². The molecule has 0 N–H and O–H groups in total. The molecule has 120 valence electrons. The van der Waals surface area contributed by atoms with Gasteiger partial charge >= 0.3 is 5.97 Å². The van der Waals surface area contributed by atoms with Crippen LogP contribution < -0.4 is 0 Å². The first-order valence-electron chi connectivity index (χ1n) is 7.77. The van der Waals surface area contributed by atoms with Crippen LogP contribution in [0.15, 0.2) is 41.7 Å². The quantitative estimate of drug-likeness (QED) is 0.585. The summed E-state index contributed by atoms with van der Waals surface area (Å²) >= 11 is 0. The smallest absolute Gasteiger partial charge is 0.338 e. The first-order chi connectivity index (χ1) is 10.1. The van der Waals surface area contributed by atoms with E-state index in [1.165, 1.54) is 0 Å². The molecule has 2 rings (SSSR count). The molecule has 1 aromatic carbocycles. The lowest BCUT2D eigenvalue weighted by atomic mass is 10.2. The molecule has 1 aliphatic carbocycles. The van der Waals surface area contributed by atoms with E-state index >= 15 is 0 Å². The summed E-state index contributed by atoms with van der Waals surface area (Å²) in [6.45, 7) is 13.3. The van der Waals surface area contributed by atoms with Crippen LogP contribution in [0.5, 0.6) is 0 Å². The van der Waals surface area contributed by atoms with Crippen LogP contribution in [-0.4, -0.2) is 14.3 Å². The fraction of sp³-hybridized carbons (Fsp3) is 0.500. The monoisotopic (exact) mass is 318 g/mol. The van der Waals surface area contributed by atoms with Crippen LogP contribution in [0, 0.1) is 5.92 Å². The highest BCUT2D eigenvalue weighted by Crippen LogP contribution is 2.47. The van der Waals surface area contributed by atoms with Crippen molar-refractivity contribution in [3.05, 3.63) is 47.2 Å². The van der Waals surface area contributed by atoms with E-state index in [0.29, 0.717) is 12.2 Å². The van der Waals surface area contributed by atoms with Gasteiger partial charge in [0, 0.05) is 5.92 Å². The highest BCUT2D eigenvalue weighted by atomic mass is 28.4. The number of benzene rings is 1. The Hall–Kier alpha value is -1.55. The molecule has 1 unspecified atom stereocenters. The first kappa shape index (κ1) is 16.8. The molecule has 0 fully saturated rings. The maximum Gasteiger partial charge on any atom is 0.338 e. The molecule has 1 aromatic rings. The molecule has 0 aromatic heterocycles. The Kier molecular flexibility index (Phi) is 4.52. The van der Waals surface area contributed by atoms with E-state index in [0.717, 1.165) is 11.3 Å². The van der Waals surface area contributed by atoms with Gasteiger partial charge < -0.3 is 9.16 Å². The molecule has 0 heterocycles. The van der Waals surface area contributed by atoms with Crippen LogP contribution in [0.25, 0.3) is 0 Å². The zero-order valence-corrected chi connectivity index (χ0v) is 15.4. The van der Waals surface area contributed by atoms with Crippen molar-refractivity contribution >= 4 is 14.3 Å². The summed E-state index contributed by atoms with van der Waals surface area (Å²) in [7, 11) is -1.89. The van der Waals surface area contributed by atoms with Gasteiger partial charge in [0.05, 0.1) is 11.3 Å². The largest absolute Gasteiger partial charge is 0.546 e. The van der Waals surface area contributed by atoms with E-state index in [9.17, 15) is 4.79 Å². The predicted octanol–water partition coefficient (Wildman–Crippen LogP) is 4.66. The van der Waals surface area contributed by atoms with E-state index in [1.54, 1.807) is 0 Å². The number of ether oxygens (including phenoxy) is 1. The molecule has 0 aliphatic heterocycles. The number of rotatable bonds is 5. The fourth-order valence-corrected chi connectivity index (χ4v) is 3.10. The van der Waals surface area contributed by atoms with Crippen LogP contribution in [-0.2, 0) is 20.6 Å². The lowest BCUT2D eigenvalue weighted by Crippen LogP contribution is -2.39. The van der Waals surface area contributed by atoms with E-state index in [1.807, 2.05) is 37.3 Å². The SMILES string of the molecule is CC1C(O[Si](C)(C)C(C)(C)C)=C1C(=O)OCc1ccccc1. The Bertz CT molecular complexity index is 582. The lowest BCUT2D eigenvalue weighted by Gasteiger charge is -2.35. The zero-order chi connectivity index (χ0) is 16.5. The van der Waals surface area contributed by atoms with E-state index in [-0.39, 0.29) is 16.9 Å². The molecular weight excluding hydrogens is 292 g/mol. The third kappa shape index (κ3) is 3.61. The number of carbonyl (C=O) groups excluding carboxylic acids is 1. The van der Waals surface area contributed by atoms with Gasteiger partial charge in [-0.2, -0.15) is 0 Å². The van der Waals surface area contributed by atoms with Crippen molar-refractivity contribution in [1.29, 1.82) is 0 Å². The van der Waals surface area contributed by atoms with Gasteiger partial charge in [0.2, 0.25) is 8.32 Å². The highest BCUT2D eigenvalue weighted by Gasteiger charge is 2.47. The third-order valence-corrected chi connectivity index (χ3v) is 8.95. The Morgan fingerprint density at radius 3 is 2.32 bits per heavy atom. The van der Waals surface area contributed by atoms with Gasteiger partial charge in [-0.1, -0.05) is 58.0 Å². The Labute approximate surface area is 134 Å². The summed E-state index contributed by atoms with van der Waals surface area (Å²) in [6, 6.07) is 9.72. The summed E-state index contributed by atoms with van der Waals surface area (Å²) < 4.78 is 11.6. The molecule has 0 bridgehead atoms. The molecule has 0 saturated heterocycles. The van der Waals surface area contributed by atoms with Gasteiger partial charge in [-0.05, 0) is 23.7 Å². The first-order valence-corrected chi connectivity index (χ1v) is 10.7. The topological polar surface area (TPSA) is 35.5 Å². The maximum atomic E-state index is 12.2. The third-order valence-electron chi connectivity index (χ3n) is 4.61. The predicted molar refractivity (Wildman–Crippen MR) is 90.7 cm³/mol. The number of hydrogen-bond donors (Lipinski definition) is 0. The van der Waals surface area contributed by atoms with Crippen LogP contribution in [0.1, 0.15) is 33.3 Å². The minimum atomic E-state index is -1.89. The van der Waals surface area contributed by atoms with Crippen molar-refractivity contribution in [2.24, 2.45) is 5.92 Å². The van der Waals surface area contributed by atoms with Crippen molar-refractivity contribution in [2.75, 3.05) is 0 Å². The molecule has 22 heavy (non-hydrogen) atoms. The van der Waals surface area contributed by atoms with Crippen molar-refractivity contribution in [2.45, 2.75) is 52.4 Å². The van der Waals surface area contributed by atoms with Gasteiger partial charge in [-0.15, -0.1) is 0 Å². The average Bonchev–Trinajstić information content (AvgIpc) is 3.05. The van der Waals surface area contributed by atoms with E-state index in [4.69, 9.17) is 9.16 Å². The van der Waals surface area contributed by atoms with Gasteiger partial charge in [0.25, 0.3) is 0 Å². The molecule has 4 heteroatoms. The van der Waals surface area contributed by atoms with Gasteiger partial charge in [0.1, 0.15) is 6.61 Å². The van der Waals surface area contributed by atoms with Crippen LogP contribution in [0.2, 0.25) is 18.1 Å². The molecule has 3 nitrogen and oxygen atoms in total. The molecule has 0 saturated carbocycles. The van der Waals surface area contributed by atoms with Crippen LogP contribution in [0.4, 0.5) is 0 Å². The highest BCUT2D eigenvalue weighted by molar-refractivity contribution is 6.74. The molecule has 0 radical (unpaired) electrons. The van der Waals surface area contributed by atoms with Gasteiger partial charge in [-0.3, -0.25) is 0 Å². The Morgan fingerprint density at radius 2 is 1.77 bits per heavy atom. The molecule has 0 spiro atoms. The molecule has 0 amide bonds. The average molecular weight is 318 g/mol. The second kappa shape index (κ2) is 5.92.